The molecule has 708 valence electrons. The van der Waals surface area contributed by atoms with Crippen molar-refractivity contribution >= 4 is 196 Å². The fraction of sp³-hybridized carbons (Fsp3) is 0.265. The number of amides is 4. The molecule has 0 atom stereocenters. The van der Waals surface area contributed by atoms with Crippen LogP contribution in [0.25, 0.3) is 123 Å². The van der Waals surface area contributed by atoms with Crippen LogP contribution in [0.5, 0.6) is 0 Å². The smallest absolute Gasteiger partial charge is 0.399 e. The highest BCUT2D eigenvalue weighted by molar-refractivity contribution is 9.11. The molecule has 137 heavy (non-hydrogen) atoms. The van der Waals surface area contributed by atoms with E-state index in [9.17, 15) is 24.0 Å². The van der Waals surface area contributed by atoms with Crippen molar-refractivity contribution in [3.05, 3.63) is 257 Å². The standard InChI is InChI=1S/C27H30N6O2Si.C26H35BN4O3Si.C21H16N6O.2C7H7BrN2O.C6H5Br2N.C4H9NOSi/c1-17-20(14-29-15-21(17)26(28)34)18-9-10-24-19(13-18)25(27-30-22-7-5-6-8-23(22)31-27)32-33(24)16-35-11-12-36(2,3)4;1-25(2)26(3,4)34-27(33-25)18-12-13-22-19(16-18)23(24-28-20-10-8-9-11-21(20)29-24)30-31(22)17-32-14-15-35(5,6)7;1-11-14(9-23-10-15(11)20(22)28)12-6-7-16-13(8-12)19(27-26-16)21-24-17-4-2-3-5-18(17)25-21;2*1-4-5(7(9)11)2-10-3-6(4)8;1-4-5(7)2-9-3-6(4)8;1-7(2,3)5-4-6/h5-10,13-15H,11-12,16H2,1-4H3,(H2,28,34)(H,30,31);8-13,16H,14-15,17H2,1-7H3,(H,28,29);2-10H,1H3,(H2,22,28)(H,24,25)(H,26,27);2*2-3H,1H3,(H2,9,11);2-3H,1H3;1-3H3. The second-order valence-corrected chi connectivity index (χ2v) is 56.2. The second kappa shape index (κ2) is 44.4. The number of hydrogen-bond acceptors (Lipinski definition) is 21. The molecule has 0 radical (unpaired) electrons. The van der Waals surface area contributed by atoms with Gasteiger partial charge >= 0.3 is 7.12 Å². The number of aromatic nitrogens is 17. The highest BCUT2D eigenvalue weighted by Crippen LogP contribution is 2.40. The Kier molecular flexibility index (Phi) is 33.6. The van der Waals surface area contributed by atoms with Crippen LogP contribution in [0.15, 0.2) is 212 Å². The number of nitrogens with two attached hydrogens (primary N) is 4. The molecule has 1 aliphatic rings. The molecule has 11 aromatic heterocycles. The largest absolute Gasteiger partial charge is 0.494 e. The molecule has 39 heteroatoms. The molecular formula is C98H109BBr4N22O9Si3. The molecule has 12 heterocycles. The highest BCUT2D eigenvalue weighted by atomic mass is 79.9. The summed E-state index contributed by atoms with van der Waals surface area (Å²) < 4.78 is 35.8. The number of aromatic amines is 4. The van der Waals surface area contributed by atoms with Crippen LogP contribution in [0.1, 0.15) is 96.9 Å². The zero-order valence-corrected chi connectivity index (χ0v) is 88.8. The molecule has 0 aliphatic carbocycles. The second-order valence-electron chi connectivity index (χ2n) is 37.0. The van der Waals surface area contributed by atoms with E-state index in [-0.39, 0.29) is 0 Å². The average Bonchev–Trinajstić information content (AvgIpc) is 1.60. The van der Waals surface area contributed by atoms with Gasteiger partial charge in [0, 0.05) is 137 Å². The molecule has 31 nitrogen and oxygen atoms in total. The molecular weight excluding hydrogens is 2040 g/mol. The topological polar surface area (TPSA) is 454 Å². The monoisotopic (exact) mass is 2150 g/mol. The van der Waals surface area contributed by atoms with Gasteiger partial charge in [-0.3, -0.25) is 49.2 Å². The first kappa shape index (κ1) is 104. The van der Waals surface area contributed by atoms with Crippen molar-refractivity contribution in [3.63, 3.8) is 0 Å². The van der Waals surface area contributed by atoms with Crippen molar-refractivity contribution in [2.45, 2.75) is 158 Å². The summed E-state index contributed by atoms with van der Waals surface area (Å²) in [4.78, 5) is 99.0. The summed E-state index contributed by atoms with van der Waals surface area (Å²) in [6.45, 7) is 39.9. The highest BCUT2D eigenvalue weighted by Gasteiger charge is 2.52. The number of halogens is 4. The number of nitrogens with one attached hydrogen (secondary N) is 4. The Bertz CT molecular complexity index is 7160. The van der Waals surface area contributed by atoms with Crippen molar-refractivity contribution in [1.29, 1.82) is 0 Å². The summed E-state index contributed by atoms with van der Waals surface area (Å²) in [6, 6.07) is 44.3. The first-order valence-electron chi connectivity index (χ1n) is 43.8. The first-order valence-corrected chi connectivity index (χ1v) is 57.8. The number of primary amides is 4. The molecule has 18 rings (SSSR count). The lowest BCUT2D eigenvalue weighted by atomic mass is 9.78. The van der Waals surface area contributed by atoms with Gasteiger partial charge in [-0.15, -0.1) is 0 Å². The zero-order valence-electron chi connectivity index (χ0n) is 79.5. The summed E-state index contributed by atoms with van der Waals surface area (Å²) in [7, 11) is -4.24. The number of para-hydroxylation sites is 6. The Balaban J connectivity index is 0.000000155. The van der Waals surface area contributed by atoms with E-state index in [4.69, 9.17) is 61.9 Å². The third kappa shape index (κ3) is 25.9. The van der Waals surface area contributed by atoms with Crippen LogP contribution in [0.3, 0.4) is 0 Å². The van der Waals surface area contributed by atoms with Crippen molar-refractivity contribution in [1.82, 2.24) is 84.6 Å². The number of imidazole rings is 3. The van der Waals surface area contributed by atoms with Crippen LogP contribution >= 0.6 is 63.7 Å². The lowest BCUT2D eigenvalue weighted by Crippen LogP contribution is -2.41. The van der Waals surface area contributed by atoms with E-state index in [1.54, 1.807) is 43.3 Å². The van der Waals surface area contributed by atoms with Gasteiger partial charge in [0.1, 0.15) is 30.5 Å². The van der Waals surface area contributed by atoms with Gasteiger partial charge in [0.15, 0.2) is 25.7 Å². The molecule has 4 amide bonds. The van der Waals surface area contributed by atoms with Crippen LogP contribution in [0.2, 0.25) is 71.0 Å². The van der Waals surface area contributed by atoms with Gasteiger partial charge in [-0.25, -0.2) is 33.8 Å². The first-order chi connectivity index (χ1) is 64.8. The zero-order chi connectivity index (χ0) is 99.3. The fourth-order valence-corrected chi connectivity index (χ4v) is 17.5. The summed E-state index contributed by atoms with van der Waals surface area (Å²) in [5.41, 5.74) is 41.8. The predicted octanol–water partition coefficient (Wildman–Crippen LogP) is 20.7. The number of hydrogen-bond donors (Lipinski definition) is 8. The molecule has 1 fully saturated rings. The number of carbonyl (C=O) groups is 4. The van der Waals surface area contributed by atoms with E-state index < -0.39 is 66.3 Å². The van der Waals surface area contributed by atoms with Crippen LogP contribution < -0.4 is 28.4 Å². The number of isocyanates is 1. The van der Waals surface area contributed by atoms with Gasteiger partial charge in [0.2, 0.25) is 6.08 Å². The number of pyridine rings is 5. The number of carbonyl (C=O) groups excluding carboxylic acids is 5. The van der Waals surface area contributed by atoms with Gasteiger partial charge in [-0.2, -0.15) is 15.3 Å². The lowest BCUT2D eigenvalue weighted by molar-refractivity contribution is 0.00578. The molecule has 6 aromatic carbocycles. The van der Waals surface area contributed by atoms with Crippen molar-refractivity contribution in [2.24, 2.45) is 27.6 Å². The van der Waals surface area contributed by atoms with Gasteiger partial charge in [0.25, 0.3) is 23.6 Å². The Morgan fingerprint density at radius 3 is 1.15 bits per heavy atom. The fourth-order valence-electron chi connectivity index (χ4n) is 14.1. The van der Waals surface area contributed by atoms with Crippen molar-refractivity contribution in [3.8, 4) is 56.8 Å². The van der Waals surface area contributed by atoms with E-state index in [0.29, 0.717) is 54.0 Å². The minimum Gasteiger partial charge on any atom is -0.399 e. The number of ether oxygens (including phenoxy) is 2. The molecule has 17 aromatic rings. The quantitative estimate of drug-likeness (QED) is 0.0143. The van der Waals surface area contributed by atoms with Crippen molar-refractivity contribution < 1.29 is 42.8 Å². The maximum absolute atomic E-state index is 11.9. The Morgan fingerprint density at radius 1 is 0.438 bits per heavy atom. The minimum atomic E-state index is -1.46. The number of H-pyrrole nitrogens is 4. The van der Waals surface area contributed by atoms with Gasteiger partial charge in [-0.05, 0) is 269 Å². The van der Waals surface area contributed by atoms with E-state index in [1.807, 2.05) is 167 Å². The molecule has 0 unspecified atom stereocenters. The lowest BCUT2D eigenvalue weighted by Gasteiger charge is -2.32. The van der Waals surface area contributed by atoms with Crippen LogP contribution in [0, 0.1) is 34.6 Å². The molecule has 0 saturated carbocycles. The number of nitrogens with zero attached hydrogens (tertiary/aromatic N) is 14. The van der Waals surface area contributed by atoms with Crippen molar-refractivity contribution in [2.75, 3.05) is 13.2 Å². The maximum atomic E-state index is 11.9. The number of benzene rings is 6. The Labute approximate surface area is 830 Å². The van der Waals surface area contributed by atoms with E-state index >= 15 is 0 Å². The Morgan fingerprint density at radius 2 is 0.788 bits per heavy atom. The SMILES string of the molecule is CC1(C)OB(c2ccc3c(c2)c(-c2nc4ccccc4[nH]2)nn3COCC[Si](C)(C)C)OC1(C)C.C[Si](C)(C)N=C=O.Cc1c(Br)cncc1Br.Cc1c(Br)cncc1C(N)=O.Cc1c(Br)cncc1C(N)=O.Cc1c(C(N)=O)cncc1-c1ccc2[nH]nc(-c3nc4ccccc4[nH]3)c2c1.Cc1c(C(N)=O)cncc1-c1ccc2c(c1)c(-c1nc3ccccc3[nH]1)nn2COCC[Si](C)(C)C. The molecule has 0 spiro atoms. The van der Waals surface area contributed by atoms with Gasteiger partial charge in [0.05, 0.1) is 83.1 Å². The number of fused-ring (bicyclic) bond motifs is 6. The summed E-state index contributed by atoms with van der Waals surface area (Å²) >= 11 is 13.2. The van der Waals surface area contributed by atoms with E-state index in [1.165, 1.54) is 30.4 Å². The number of rotatable bonds is 21. The Hall–Kier alpha value is -12.4. The molecule has 1 aliphatic heterocycles. The maximum Gasteiger partial charge on any atom is 0.494 e. The van der Waals surface area contributed by atoms with E-state index in [2.05, 4.69) is 215 Å². The van der Waals surface area contributed by atoms with Crippen LogP contribution in [-0.4, -0.2) is 170 Å². The average molecular weight is 2150 g/mol. The third-order valence-corrected chi connectivity index (χ3v) is 30.1. The summed E-state index contributed by atoms with van der Waals surface area (Å²) in [5.74, 6) is 0.259. The molecule has 12 N–H and O–H groups in total. The summed E-state index contributed by atoms with van der Waals surface area (Å²) in [5, 5.41) is 20.2. The van der Waals surface area contributed by atoms with Crippen LogP contribution in [-0.2, 0) is 37.0 Å². The van der Waals surface area contributed by atoms with E-state index in [0.717, 1.165) is 175 Å². The molecule has 1 saturated heterocycles. The molecule has 0 bridgehead atoms. The summed E-state index contributed by atoms with van der Waals surface area (Å²) in [6.07, 6.45) is 17.8. The van der Waals surface area contributed by atoms with Gasteiger partial charge in [-0.1, -0.05) is 99.9 Å². The van der Waals surface area contributed by atoms with Crippen LogP contribution in [0.4, 0.5) is 0 Å². The normalized spacial score (nSPS) is 12.7. The minimum absolute atomic E-state index is 0.359. The third-order valence-electron chi connectivity index (χ3n) is 22.8. The van der Waals surface area contributed by atoms with Gasteiger partial charge < -0.3 is 56.7 Å². The predicted molar refractivity (Wildman–Crippen MR) is 564 cm³/mol.